The molecule has 15 heavy (non-hydrogen) atoms. The molecule has 0 aromatic heterocycles. The third-order valence-corrected chi connectivity index (χ3v) is 2.21. The van der Waals surface area contributed by atoms with Gasteiger partial charge < -0.3 is 17.0 Å². The third kappa shape index (κ3) is 3.80. The first-order valence-electron chi connectivity index (χ1n) is 4.09. The van der Waals surface area contributed by atoms with E-state index in [2.05, 4.69) is 6.07 Å². The van der Waals surface area contributed by atoms with Gasteiger partial charge in [-0.2, -0.15) is 35.9 Å². The average molecular weight is 292 g/mol. The quantitative estimate of drug-likeness (QED) is 0.528. The number of halogens is 2. The molecule has 0 saturated heterocycles. The van der Waals surface area contributed by atoms with E-state index in [9.17, 15) is 0 Å². The van der Waals surface area contributed by atoms with Crippen LogP contribution in [0.25, 0.3) is 11.1 Å². The van der Waals surface area contributed by atoms with Crippen LogP contribution in [-0.4, -0.2) is 23.1 Å². The molecule has 2 rings (SSSR count). The molecule has 3 heteroatoms. The van der Waals surface area contributed by atoms with Crippen molar-refractivity contribution in [2.45, 2.75) is 0 Å². The Morgan fingerprint density at radius 2 is 1.67 bits per heavy atom. The van der Waals surface area contributed by atoms with Crippen molar-refractivity contribution in [3.63, 3.8) is 0 Å². The Labute approximate surface area is 122 Å². The van der Waals surface area contributed by atoms with Crippen LogP contribution in [0.5, 0.6) is 0 Å². The summed E-state index contributed by atoms with van der Waals surface area (Å²) in [5.41, 5.74) is 2.20. The molecular formula is C12H8BrClMg. The normalized spacial score (nSPS) is 8.60. The number of hydrogen-bond donors (Lipinski definition) is 0. The maximum Gasteiger partial charge on any atom is 2.00 e. The van der Waals surface area contributed by atoms with Gasteiger partial charge in [0.1, 0.15) is 0 Å². The molecule has 0 heterocycles. The smallest absolute Gasteiger partial charge is 1.00 e. The SMILES string of the molecule is Clc1c[c-]ccc1-c1ccccc1.[Br-].[Mg+2]. The van der Waals surface area contributed by atoms with Crippen LogP contribution in [-0.2, 0) is 0 Å². The van der Waals surface area contributed by atoms with Gasteiger partial charge in [-0.3, -0.25) is 0 Å². The van der Waals surface area contributed by atoms with E-state index in [1.807, 2.05) is 42.5 Å². The zero-order chi connectivity index (χ0) is 9.10. The van der Waals surface area contributed by atoms with Crippen molar-refractivity contribution < 1.29 is 17.0 Å². The van der Waals surface area contributed by atoms with Crippen molar-refractivity contribution >= 4 is 34.7 Å². The van der Waals surface area contributed by atoms with Crippen LogP contribution < -0.4 is 17.0 Å². The summed E-state index contributed by atoms with van der Waals surface area (Å²) in [5, 5.41) is 0.744. The molecule has 2 aromatic carbocycles. The second-order valence-corrected chi connectivity index (χ2v) is 3.18. The summed E-state index contributed by atoms with van der Waals surface area (Å²) >= 11 is 6.03. The Kier molecular flexibility index (Phi) is 7.27. The summed E-state index contributed by atoms with van der Waals surface area (Å²) in [6, 6.07) is 18.6. The molecule has 0 bridgehead atoms. The molecule has 0 fully saturated rings. The van der Waals surface area contributed by atoms with E-state index >= 15 is 0 Å². The molecule has 0 radical (unpaired) electrons. The van der Waals surface area contributed by atoms with Crippen LogP contribution in [0.2, 0.25) is 5.02 Å². The fourth-order valence-electron chi connectivity index (χ4n) is 1.26. The topological polar surface area (TPSA) is 0 Å². The third-order valence-electron chi connectivity index (χ3n) is 1.90. The second-order valence-electron chi connectivity index (χ2n) is 2.77. The van der Waals surface area contributed by atoms with Crippen LogP contribution in [0, 0.1) is 6.07 Å². The molecule has 0 aliphatic heterocycles. The van der Waals surface area contributed by atoms with E-state index in [1.54, 1.807) is 6.07 Å². The van der Waals surface area contributed by atoms with Crippen molar-refractivity contribution in [2.24, 2.45) is 0 Å². The first-order valence-corrected chi connectivity index (χ1v) is 4.47. The van der Waals surface area contributed by atoms with Gasteiger partial charge in [0.05, 0.1) is 0 Å². The summed E-state index contributed by atoms with van der Waals surface area (Å²) in [7, 11) is 0. The van der Waals surface area contributed by atoms with E-state index in [0.717, 1.165) is 16.1 Å². The molecule has 72 valence electrons. The van der Waals surface area contributed by atoms with E-state index in [-0.39, 0.29) is 40.0 Å². The molecule has 0 atom stereocenters. The minimum absolute atomic E-state index is 0. The van der Waals surface area contributed by atoms with E-state index in [4.69, 9.17) is 11.6 Å². The minimum atomic E-state index is 0. The predicted octanol–water partition coefficient (Wildman–Crippen LogP) is 0.430. The van der Waals surface area contributed by atoms with Crippen molar-refractivity contribution in [1.82, 2.24) is 0 Å². The average Bonchev–Trinajstić information content (AvgIpc) is 2.20. The molecule has 0 spiro atoms. The van der Waals surface area contributed by atoms with E-state index in [0.29, 0.717) is 0 Å². The van der Waals surface area contributed by atoms with Crippen LogP contribution >= 0.6 is 11.6 Å². The summed E-state index contributed by atoms with van der Waals surface area (Å²) < 4.78 is 0. The van der Waals surface area contributed by atoms with Gasteiger partial charge in [-0.1, -0.05) is 35.4 Å². The Morgan fingerprint density at radius 3 is 2.27 bits per heavy atom. The van der Waals surface area contributed by atoms with Crippen molar-refractivity contribution in [3.05, 3.63) is 59.6 Å². The van der Waals surface area contributed by atoms with Gasteiger partial charge in [0.2, 0.25) is 0 Å². The number of benzene rings is 2. The van der Waals surface area contributed by atoms with Crippen LogP contribution in [0.1, 0.15) is 0 Å². The van der Waals surface area contributed by atoms with Crippen LogP contribution in [0.4, 0.5) is 0 Å². The van der Waals surface area contributed by atoms with E-state index in [1.165, 1.54) is 0 Å². The van der Waals surface area contributed by atoms with Gasteiger partial charge in [-0.05, 0) is 5.56 Å². The largest absolute Gasteiger partial charge is 2.00 e. The van der Waals surface area contributed by atoms with Gasteiger partial charge in [0, 0.05) is 0 Å². The summed E-state index contributed by atoms with van der Waals surface area (Å²) in [4.78, 5) is 0. The van der Waals surface area contributed by atoms with Gasteiger partial charge >= 0.3 is 23.1 Å². The minimum Gasteiger partial charge on any atom is -1.00 e. The molecule has 0 N–H and O–H groups in total. The Balaban J connectivity index is 0.000000980. The summed E-state index contributed by atoms with van der Waals surface area (Å²) in [5.74, 6) is 0. The van der Waals surface area contributed by atoms with Gasteiger partial charge in [-0.15, -0.1) is 5.56 Å². The Morgan fingerprint density at radius 1 is 1.00 bits per heavy atom. The monoisotopic (exact) mass is 290 g/mol. The standard InChI is InChI=1S/C12H8Cl.BrH.Mg/c13-12-9-5-4-8-11(12)10-6-2-1-3-7-10;;/h1-4,6-9H;1H;/q-1;;+2/p-1. The van der Waals surface area contributed by atoms with Gasteiger partial charge in [-0.25, -0.2) is 0 Å². The van der Waals surface area contributed by atoms with Crippen molar-refractivity contribution in [3.8, 4) is 11.1 Å². The molecule has 0 saturated carbocycles. The second kappa shape index (κ2) is 7.28. The van der Waals surface area contributed by atoms with Crippen LogP contribution in [0.3, 0.4) is 0 Å². The van der Waals surface area contributed by atoms with Crippen molar-refractivity contribution in [2.75, 3.05) is 0 Å². The van der Waals surface area contributed by atoms with Crippen LogP contribution in [0.15, 0.2) is 48.5 Å². The molecule has 2 aromatic rings. The van der Waals surface area contributed by atoms with Crippen molar-refractivity contribution in [1.29, 1.82) is 0 Å². The first kappa shape index (κ1) is 15.0. The number of hydrogen-bond acceptors (Lipinski definition) is 0. The maximum atomic E-state index is 6.03. The molecule has 0 aliphatic rings. The Hall–Kier alpha value is -0.0238. The van der Waals surface area contributed by atoms with Gasteiger partial charge in [0.15, 0.2) is 0 Å². The first-order chi connectivity index (χ1) is 6.38. The molecule has 0 aliphatic carbocycles. The zero-order valence-corrected chi connectivity index (χ0v) is 11.8. The van der Waals surface area contributed by atoms with Gasteiger partial charge in [0.25, 0.3) is 0 Å². The van der Waals surface area contributed by atoms with E-state index < -0.39 is 0 Å². The molecular weight excluding hydrogens is 284 g/mol. The molecule has 0 nitrogen and oxygen atoms in total. The predicted molar refractivity (Wildman–Crippen MR) is 61.5 cm³/mol. The number of rotatable bonds is 1. The summed E-state index contributed by atoms with van der Waals surface area (Å²) in [6.45, 7) is 0. The maximum absolute atomic E-state index is 6.03. The fraction of sp³-hybridized carbons (Fsp3) is 0. The Bertz CT molecular complexity index is 403. The molecule has 0 unspecified atom stereocenters. The fourth-order valence-corrected chi connectivity index (χ4v) is 1.50. The summed E-state index contributed by atoms with van der Waals surface area (Å²) in [6.07, 6.45) is 0. The zero-order valence-electron chi connectivity index (χ0n) is 8.08. The molecule has 0 amide bonds.